The summed E-state index contributed by atoms with van der Waals surface area (Å²) >= 11 is 0. The highest BCUT2D eigenvalue weighted by Gasteiger charge is 2.25. The number of anilines is 1. The molecule has 0 fully saturated rings. The zero-order valence-electron chi connectivity index (χ0n) is 18.8. The van der Waals surface area contributed by atoms with Gasteiger partial charge in [-0.15, -0.1) is 0 Å². The summed E-state index contributed by atoms with van der Waals surface area (Å²) in [5, 5.41) is 23.5. The van der Waals surface area contributed by atoms with Gasteiger partial charge in [-0.25, -0.2) is 5.48 Å². The second-order valence-electron chi connectivity index (χ2n) is 7.45. The topological polar surface area (TPSA) is 131 Å². The number of hydrogen-bond donors (Lipinski definition) is 5. The minimum atomic E-state index is -1.29. The van der Waals surface area contributed by atoms with E-state index in [1.54, 1.807) is 48.5 Å². The second kappa shape index (κ2) is 12.4. The highest BCUT2D eigenvalue weighted by atomic mass is 16.5. The van der Waals surface area contributed by atoms with Crippen molar-refractivity contribution in [1.29, 1.82) is 0 Å². The smallest absolute Gasteiger partial charge is 0.268 e. The third kappa shape index (κ3) is 8.05. The van der Waals surface area contributed by atoms with Crippen molar-refractivity contribution in [2.24, 2.45) is 0 Å². The van der Waals surface area contributed by atoms with E-state index < -0.39 is 24.0 Å². The van der Waals surface area contributed by atoms with Gasteiger partial charge in [0.2, 0.25) is 5.91 Å². The van der Waals surface area contributed by atoms with Gasteiger partial charge in [0.15, 0.2) is 0 Å². The fraction of sp³-hybridized carbons (Fsp3) is 0.292. The summed E-state index contributed by atoms with van der Waals surface area (Å²) in [5.41, 5.74) is 3.80. The van der Waals surface area contributed by atoms with E-state index >= 15 is 0 Å². The summed E-state index contributed by atoms with van der Waals surface area (Å²) < 4.78 is 0. The maximum absolute atomic E-state index is 12.3. The zero-order chi connectivity index (χ0) is 24.4. The van der Waals surface area contributed by atoms with Gasteiger partial charge in [-0.2, -0.15) is 0 Å². The first kappa shape index (κ1) is 25.5. The van der Waals surface area contributed by atoms with Crippen molar-refractivity contribution in [3.63, 3.8) is 0 Å². The number of amides is 3. The number of aliphatic hydroxyl groups excluding tert-OH is 1. The average Bonchev–Trinajstić information content (AvgIpc) is 2.81. The highest BCUT2D eigenvalue weighted by molar-refractivity contribution is 5.97. The van der Waals surface area contributed by atoms with Gasteiger partial charge in [0.25, 0.3) is 11.8 Å². The minimum absolute atomic E-state index is 0.0842. The summed E-state index contributed by atoms with van der Waals surface area (Å²) in [6.07, 6.45) is -1.19. The first-order valence-corrected chi connectivity index (χ1v) is 10.4. The van der Waals surface area contributed by atoms with Gasteiger partial charge in [0.1, 0.15) is 6.04 Å². The largest absolute Gasteiger partial charge is 0.391 e. The quantitative estimate of drug-likeness (QED) is 0.230. The van der Waals surface area contributed by atoms with Crippen LogP contribution in [-0.2, 0) is 9.59 Å². The molecule has 3 amide bonds. The van der Waals surface area contributed by atoms with Gasteiger partial charge in [-0.1, -0.05) is 18.8 Å². The van der Waals surface area contributed by atoms with Gasteiger partial charge in [-0.3, -0.25) is 24.5 Å². The molecule has 0 aliphatic heterocycles. The molecule has 5 N–H and O–H groups in total. The lowest BCUT2D eigenvalue weighted by Crippen LogP contribution is -2.51. The molecule has 0 radical (unpaired) electrons. The van der Waals surface area contributed by atoms with Crippen molar-refractivity contribution in [2.75, 3.05) is 25.5 Å². The van der Waals surface area contributed by atoms with Crippen LogP contribution in [0.25, 0.3) is 0 Å². The molecule has 0 heterocycles. The van der Waals surface area contributed by atoms with Crippen molar-refractivity contribution in [2.45, 2.75) is 26.0 Å². The van der Waals surface area contributed by atoms with E-state index in [-0.39, 0.29) is 11.5 Å². The van der Waals surface area contributed by atoms with Crippen molar-refractivity contribution in [3.05, 3.63) is 65.2 Å². The van der Waals surface area contributed by atoms with Crippen LogP contribution in [0.1, 0.15) is 35.3 Å². The summed E-state index contributed by atoms with van der Waals surface area (Å²) in [5.74, 6) is 4.43. The number of hydrogen-bond acceptors (Lipinski definition) is 6. The fourth-order valence-corrected chi connectivity index (χ4v) is 2.74. The number of carbonyl (C=O) groups excluding carboxylic acids is 3. The number of hydroxylamine groups is 1. The molecule has 0 bridgehead atoms. The predicted octanol–water partition coefficient (Wildman–Crippen LogP) is 0.961. The maximum Gasteiger partial charge on any atom is 0.268 e. The van der Waals surface area contributed by atoms with Crippen LogP contribution in [0.3, 0.4) is 0 Å². The predicted molar refractivity (Wildman–Crippen MR) is 124 cm³/mol. The first-order valence-electron chi connectivity index (χ1n) is 10.4. The molecule has 174 valence electrons. The Morgan fingerprint density at radius 1 is 1.00 bits per heavy atom. The Morgan fingerprint density at radius 3 is 2.03 bits per heavy atom. The lowest BCUT2D eigenvalue weighted by molar-refractivity contribution is -0.133. The lowest BCUT2D eigenvalue weighted by Gasteiger charge is -2.19. The summed E-state index contributed by atoms with van der Waals surface area (Å²) in [6.45, 7) is 4.41. The van der Waals surface area contributed by atoms with E-state index in [2.05, 4.69) is 22.5 Å². The number of nitrogens with zero attached hydrogens (tertiary/aromatic N) is 1. The normalized spacial score (nSPS) is 12.2. The van der Waals surface area contributed by atoms with Crippen LogP contribution in [0.4, 0.5) is 5.69 Å². The third-order valence-corrected chi connectivity index (χ3v) is 4.78. The number of aliphatic hydroxyl groups is 1. The highest BCUT2D eigenvalue weighted by Crippen LogP contribution is 2.10. The summed E-state index contributed by atoms with van der Waals surface area (Å²) in [7, 11) is 1.87. The Hall–Kier alpha value is -3.71. The van der Waals surface area contributed by atoms with Crippen LogP contribution in [-0.4, -0.2) is 65.2 Å². The lowest BCUT2D eigenvalue weighted by atomic mass is 10.1. The molecule has 9 nitrogen and oxygen atoms in total. The minimum Gasteiger partial charge on any atom is -0.391 e. The molecule has 0 aliphatic carbocycles. The van der Waals surface area contributed by atoms with E-state index in [9.17, 15) is 19.5 Å². The van der Waals surface area contributed by atoms with Gasteiger partial charge in [0, 0.05) is 22.4 Å². The standard InChI is InChI=1S/C24H28N4O5/c1-4-28(3)15-21(30)25-20-13-9-18(10-14-20)6-5-17-7-11-19(12-8-17)23(31)26-22(16(2)29)24(32)27-33/h7-14,16,22,29,33H,4,15H2,1-3H3,(H,25,30)(H,26,31)(H,27,32)/t16-,22+/m1/s1. The van der Waals surface area contributed by atoms with Crippen molar-refractivity contribution >= 4 is 23.4 Å². The van der Waals surface area contributed by atoms with E-state index in [1.165, 1.54) is 12.4 Å². The molecular formula is C24H28N4O5. The molecule has 0 saturated carbocycles. The van der Waals surface area contributed by atoms with Crippen LogP contribution < -0.4 is 16.1 Å². The monoisotopic (exact) mass is 452 g/mol. The van der Waals surface area contributed by atoms with Crippen LogP contribution in [0.15, 0.2) is 48.5 Å². The zero-order valence-corrected chi connectivity index (χ0v) is 18.8. The molecule has 2 rings (SSSR count). The molecule has 0 spiro atoms. The average molecular weight is 453 g/mol. The van der Waals surface area contributed by atoms with Gasteiger partial charge >= 0.3 is 0 Å². The number of likely N-dealkylation sites (N-methyl/N-ethyl adjacent to an activating group) is 1. The molecule has 0 aromatic heterocycles. The van der Waals surface area contributed by atoms with E-state index in [1.807, 2.05) is 18.9 Å². The Morgan fingerprint density at radius 2 is 1.55 bits per heavy atom. The molecule has 33 heavy (non-hydrogen) atoms. The van der Waals surface area contributed by atoms with Crippen LogP contribution in [0.2, 0.25) is 0 Å². The Balaban J connectivity index is 1.99. The third-order valence-electron chi connectivity index (χ3n) is 4.78. The molecular weight excluding hydrogens is 424 g/mol. The first-order chi connectivity index (χ1) is 15.7. The van der Waals surface area contributed by atoms with Gasteiger partial charge in [0.05, 0.1) is 12.6 Å². The Labute approximate surface area is 192 Å². The summed E-state index contributed by atoms with van der Waals surface area (Å²) in [4.78, 5) is 37.7. The molecule has 2 aromatic rings. The second-order valence-corrected chi connectivity index (χ2v) is 7.45. The Bertz CT molecular complexity index is 1020. The molecule has 2 aromatic carbocycles. The molecule has 0 aliphatic rings. The SMILES string of the molecule is CCN(C)CC(=O)Nc1ccc(C#Cc2ccc(C(=O)N[C@H](C(=O)NO)[C@@H](C)O)cc2)cc1. The van der Waals surface area contributed by atoms with E-state index in [4.69, 9.17) is 5.21 Å². The fourth-order valence-electron chi connectivity index (χ4n) is 2.74. The van der Waals surface area contributed by atoms with Gasteiger partial charge < -0.3 is 15.7 Å². The van der Waals surface area contributed by atoms with E-state index in [0.29, 0.717) is 17.8 Å². The van der Waals surface area contributed by atoms with E-state index in [0.717, 1.165) is 12.1 Å². The van der Waals surface area contributed by atoms with Crippen LogP contribution in [0, 0.1) is 11.8 Å². The maximum atomic E-state index is 12.3. The van der Waals surface area contributed by atoms with Crippen molar-refractivity contribution in [1.82, 2.24) is 15.7 Å². The number of rotatable bonds is 8. The Kier molecular flexibility index (Phi) is 9.57. The number of nitrogens with one attached hydrogen (secondary N) is 3. The van der Waals surface area contributed by atoms with Crippen molar-refractivity contribution in [3.8, 4) is 11.8 Å². The van der Waals surface area contributed by atoms with Gasteiger partial charge in [-0.05, 0) is 69.0 Å². The molecule has 0 saturated heterocycles. The molecule has 2 atom stereocenters. The summed E-state index contributed by atoms with van der Waals surface area (Å²) in [6, 6.07) is 12.3. The van der Waals surface area contributed by atoms with Crippen LogP contribution in [0.5, 0.6) is 0 Å². The number of benzene rings is 2. The van der Waals surface area contributed by atoms with Crippen molar-refractivity contribution < 1.29 is 24.7 Å². The molecule has 0 unspecified atom stereocenters. The number of carbonyl (C=O) groups is 3. The molecule has 9 heteroatoms. The van der Waals surface area contributed by atoms with Crippen LogP contribution >= 0.6 is 0 Å².